The monoisotopic (exact) mass is 452 g/mol. The molecule has 1 fully saturated rings. The van der Waals surface area contributed by atoms with Crippen molar-refractivity contribution in [1.82, 2.24) is 10.2 Å². The Morgan fingerprint density at radius 1 is 1.10 bits per heavy atom. The summed E-state index contributed by atoms with van der Waals surface area (Å²) in [4.78, 5) is 26.3. The van der Waals surface area contributed by atoms with Crippen LogP contribution in [0.5, 0.6) is 0 Å². The van der Waals surface area contributed by atoms with Crippen molar-refractivity contribution in [3.05, 3.63) is 63.6 Å². The first-order valence-corrected chi connectivity index (χ1v) is 11.1. The maximum absolute atomic E-state index is 12.3. The molecule has 3 rings (SSSR count). The van der Waals surface area contributed by atoms with Gasteiger partial charge in [-0.15, -0.1) is 11.8 Å². The second-order valence-electron chi connectivity index (χ2n) is 6.98. The zero-order valence-electron chi connectivity index (χ0n) is 15.7. The van der Waals surface area contributed by atoms with Gasteiger partial charge in [0.05, 0.1) is 16.3 Å². The molecule has 2 N–H and O–H groups in total. The molecule has 1 heterocycles. The first-order chi connectivity index (χ1) is 13.9. The van der Waals surface area contributed by atoms with Crippen LogP contribution in [0.25, 0.3) is 0 Å². The molecule has 1 aliphatic heterocycles. The minimum absolute atomic E-state index is 0.0375. The molecule has 1 aliphatic rings. The highest BCUT2D eigenvalue weighted by Gasteiger charge is 2.21. The molecule has 0 radical (unpaired) electrons. The average molecular weight is 453 g/mol. The van der Waals surface area contributed by atoms with E-state index >= 15 is 0 Å². The van der Waals surface area contributed by atoms with E-state index in [-0.39, 0.29) is 23.3 Å². The number of nitrogens with one attached hydrogen (secondary N) is 1. The summed E-state index contributed by atoms with van der Waals surface area (Å²) in [6.45, 7) is 2.75. The van der Waals surface area contributed by atoms with E-state index in [1.807, 2.05) is 24.3 Å². The van der Waals surface area contributed by atoms with Crippen LogP contribution in [0.2, 0.25) is 10.0 Å². The summed E-state index contributed by atoms with van der Waals surface area (Å²) in [6.07, 6.45) is 1.83. The molecule has 0 aromatic heterocycles. The number of benzene rings is 2. The molecule has 0 spiro atoms. The average Bonchev–Trinajstić information content (AvgIpc) is 2.70. The SMILES string of the molecule is O=C(CSc1ccc(C(=O)O)cc1Cl)NC1CCN(Cc2ccc(Cl)cc2)CC1. The highest BCUT2D eigenvalue weighted by molar-refractivity contribution is 8.00. The summed E-state index contributed by atoms with van der Waals surface area (Å²) in [7, 11) is 0. The van der Waals surface area contributed by atoms with E-state index in [9.17, 15) is 9.59 Å². The van der Waals surface area contributed by atoms with Crippen molar-refractivity contribution < 1.29 is 14.7 Å². The number of amides is 1. The van der Waals surface area contributed by atoms with E-state index in [4.69, 9.17) is 28.3 Å². The van der Waals surface area contributed by atoms with Gasteiger partial charge < -0.3 is 10.4 Å². The van der Waals surface area contributed by atoms with Crippen molar-refractivity contribution in [3.63, 3.8) is 0 Å². The van der Waals surface area contributed by atoms with Gasteiger partial charge in [-0.05, 0) is 48.7 Å². The number of carbonyl (C=O) groups excluding carboxylic acids is 1. The zero-order chi connectivity index (χ0) is 20.8. The molecular formula is C21H22Cl2N2O3S. The van der Waals surface area contributed by atoms with E-state index in [0.717, 1.165) is 37.5 Å². The van der Waals surface area contributed by atoms with Crippen molar-refractivity contribution in [2.45, 2.75) is 30.3 Å². The summed E-state index contributed by atoms with van der Waals surface area (Å²) in [5, 5.41) is 13.2. The van der Waals surface area contributed by atoms with Crippen LogP contribution in [0.1, 0.15) is 28.8 Å². The molecule has 0 unspecified atom stereocenters. The maximum atomic E-state index is 12.3. The number of hydrogen-bond acceptors (Lipinski definition) is 4. The zero-order valence-corrected chi connectivity index (χ0v) is 18.1. The third-order valence-corrected chi connectivity index (χ3v) is 6.56. The third-order valence-electron chi connectivity index (χ3n) is 4.81. The number of thioether (sulfide) groups is 1. The largest absolute Gasteiger partial charge is 0.478 e. The fraction of sp³-hybridized carbons (Fsp3) is 0.333. The number of carboxylic acid groups (broad SMARTS) is 1. The van der Waals surface area contributed by atoms with E-state index in [1.54, 1.807) is 6.07 Å². The number of piperidine rings is 1. The number of halogens is 2. The van der Waals surface area contributed by atoms with Crippen molar-refractivity contribution in [1.29, 1.82) is 0 Å². The summed E-state index contributed by atoms with van der Waals surface area (Å²) >= 11 is 13.3. The van der Waals surface area contributed by atoms with Crippen LogP contribution in [-0.4, -0.2) is 46.8 Å². The van der Waals surface area contributed by atoms with Gasteiger partial charge in [-0.3, -0.25) is 9.69 Å². The predicted molar refractivity (Wildman–Crippen MR) is 117 cm³/mol. The van der Waals surface area contributed by atoms with E-state index in [0.29, 0.717) is 9.92 Å². The van der Waals surface area contributed by atoms with Crippen molar-refractivity contribution in [3.8, 4) is 0 Å². The second-order valence-corrected chi connectivity index (χ2v) is 8.84. The first kappa shape index (κ1) is 22.0. The standard InChI is InChI=1S/C21H22Cl2N2O3S/c22-16-4-1-14(2-5-16)12-25-9-7-17(8-10-25)24-20(26)13-29-19-6-3-15(21(27)28)11-18(19)23/h1-6,11,17H,7-10,12-13H2,(H,24,26)(H,27,28). The Morgan fingerprint density at radius 2 is 1.79 bits per heavy atom. The Labute approximate surface area is 184 Å². The minimum atomic E-state index is -1.02. The lowest BCUT2D eigenvalue weighted by atomic mass is 10.0. The van der Waals surface area contributed by atoms with Crippen molar-refractivity contribution in [2.24, 2.45) is 0 Å². The molecule has 1 saturated heterocycles. The first-order valence-electron chi connectivity index (χ1n) is 9.32. The number of carboxylic acids is 1. The smallest absolute Gasteiger partial charge is 0.335 e. The van der Waals surface area contributed by atoms with Gasteiger partial charge in [-0.25, -0.2) is 4.79 Å². The molecule has 29 heavy (non-hydrogen) atoms. The van der Waals surface area contributed by atoms with Crippen LogP contribution in [-0.2, 0) is 11.3 Å². The molecule has 0 atom stereocenters. The van der Waals surface area contributed by atoms with Gasteiger partial charge in [0.1, 0.15) is 0 Å². The van der Waals surface area contributed by atoms with Crippen molar-refractivity contribution >= 4 is 46.8 Å². The molecule has 0 aliphatic carbocycles. The lowest BCUT2D eigenvalue weighted by molar-refractivity contribution is -0.119. The molecule has 1 amide bonds. The van der Waals surface area contributed by atoms with Gasteiger partial charge in [0, 0.05) is 35.6 Å². The summed E-state index contributed by atoms with van der Waals surface area (Å²) < 4.78 is 0. The Bertz CT molecular complexity index is 869. The summed E-state index contributed by atoms with van der Waals surface area (Å²) in [5.41, 5.74) is 1.37. The van der Waals surface area contributed by atoms with Crippen LogP contribution in [0.15, 0.2) is 47.4 Å². The Hall–Kier alpha value is -1.73. The molecule has 2 aromatic carbocycles. The Balaban J connectivity index is 1.40. The highest BCUT2D eigenvalue weighted by Crippen LogP contribution is 2.28. The molecule has 8 heteroatoms. The van der Waals surface area contributed by atoms with Gasteiger partial charge in [0.2, 0.25) is 5.91 Å². The third kappa shape index (κ3) is 6.64. The molecular weight excluding hydrogens is 431 g/mol. The summed E-state index contributed by atoms with van der Waals surface area (Å²) in [6, 6.07) is 12.6. The van der Waals surface area contributed by atoms with Gasteiger partial charge in [0.15, 0.2) is 0 Å². The molecule has 154 valence electrons. The Morgan fingerprint density at radius 3 is 2.41 bits per heavy atom. The predicted octanol–water partition coefficient (Wildman–Crippen LogP) is 4.56. The van der Waals surface area contributed by atoms with E-state index < -0.39 is 5.97 Å². The molecule has 0 bridgehead atoms. The van der Waals surface area contributed by atoms with Crippen LogP contribution in [0.3, 0.4) is 0 Å². The van der Waals surface area contributed by atoms with Crippen LogP contribution < -0.4 is 5.32 Å². The second kappa shape index (κ2) is 10.3. The van der Waals surface area contributed by atoms with Crippen LogP contribution in [0.4, 0.5) is 0 Å². The van der Waals surface area contributed by atoms with E-state index in [2.05, 4.69) is 10.2 Å². The number of nitrogens with zero attached hydrogens (tertiary/aromatic N) is 1. The topological polar surface area (TPSA) is 69.6 Å². The fourth-order valence-electron chi connectivity index (χ4n) is 3.25. The molecule has 0 saturated carbocycles. The number of carbonyl (C=O) groups is 2. The van der Waals surface area contributed by atoms with Gasteiger partial charge in [-0.1, -0.05) is 35.3 Å². The quantitative estimate of drug-likeness (QED) is 0.602. The number of rotatable bonds is 7. The fourth-order valence-corrected chi connectivity index (χ4v) is 4.45. The van der Waals surface area contributed by atoms with Crippen LogP contribution in [0, 0.1) is 0 Å². The normalized spacial score (nSPS) is 15.2. The minimum Gasteiger partial charge on any atom is -0.478 e. The van der Waals surface area contributed by atoms with Gasteiger partial charge in [0.25, 0.3) is 0 Å². The molecule has 5 nitrogen and oxygen atoms in total. The number of hydrogen-bond donors (Lipinski definition) is 2. The highest BCUT2D eigenvalue weighted by atomic mass is 35.5. The lowest BCUT2D eigenvalue weighted by Crippen LogP contribution is -2.44. The number of aromatic carboxylic acids is 1. The van der Waals surface area contributed by atoms with Gasteiger partial charge >= 0.3 is 5.97 Å². The number of likely N-dealkylation sites (tertiary alicyclic amines) is 1. The van der Waals surface area contributed by atoms with E-state index in [1.165, 1.54) is 29.5 Å². The van der Waals surface area contributed by atoms with Crippen molar-refractivity contribution in [2.75, 3.05) is 18.8 Å². The molecule has 2 aromatic rings. The maximum Gasteiger partial charge on any atom is 0.335 e. The van der Waals surface area contributed by atoms with Crippen LogP contribution >= 0.6 is 35.0 Å². The summed E-state index contributed by atoms with van der Waals surface area (Å²) in [5.74, 6) is -0.815. The Kier molecular flexibility index (Phi) is 7.84. The van der Waals surface area contributed by atoms with Gasteiger partial charge in [-0.2, -0.15) is 0 Å². The lowest BCUT2D eigenvalue weighted by Gasteiger charge is -2.32.